The Bertz CT molecular complexity index is 415. The second-order valence-corrected chi connectivity index (χ2v) is 4.64. The highest BCUT2D eigenvalue weighted by molar-refractivity contribution is 5.96. The maximum Gasteiger partial charge on any atom is 0.227 e. The van der Waals surface area contributed by atoms with Crippen LogP contribution in [0.3, 0.4) is 0 Å². The summed E-state index contributed by atoms with van der Waals surface area (Å²) in [6.07, 6.45) is 4.86. The van der Waals surface area contributed by atoms with Gasteiger partial charge in [0, 0.05) is 24.3 Å². The number of carbonyl (C=O) groups is 1. The van der Waals surface area contributed by atoms with Gasteiger partial charge in [0.15, 0.2) is 0 Å². The minimum Gasteiger partial charge on any atom is -0.399 e. The van der Waals surface area contributed by atoms with Gasteiger partial charge in [0.1, 0.15) is 0 Å². The molecule has 0 radical (unpaired) electrons. The number of hydrogen-bond donors (Lipinski definition) is 1. The highest BCUT2D eigenvalue weighted by Crippen LogP contribution is 2.29. The summed E-state index contributed by atoms with van der Waals surface area (Å²) in [5, 5.41) is 0. The van der Waals surface area contributed by atoms with Gasteiger partial charge in [-0.1, -0.05) is 19.8 Å². The molecule has 0 saturated heterocycles. The van der Waals surface area contributed by atoms with E-state index < -0.39 is 0 Å². The highest BCUT2D eigenvalue weighted by atomic mass is 16.2. The van der Waals surface area contributed by atoms with Gasteiger partial charge in [-0.2, -0.15) is 0 Å². The number of aryl methyl sites for hydroxylation is 1. The van der Waals surface area contributed by atoms with E-state index in [1.54, 1.807) is 0 Å². The molecule has 0 spiro atoms. The number of amides is 1. The lowest BCUT2D eigenvalue weighted by Crippen LogP contribution is -2.35. The molecule has 1 aliphatic heterocycles. The minimum absolute atomic E-state index is 0.248. The van der Waals surface area contributed by atoms with E-state index in [2.05, 4.69) is 6.92 Å². The number of anilines is 2. The summed E-state index contributed by atoms with van der Waals surface area (Å²) in [6, 6.07) is 5.85. The monoisotopic (exact) mass is 232 g/mol. The number of hydrogen-bond acceptors (Lipinski definition) is 2. The Morgan fingerprint density at radius 1 is 1.29 bits per heavy atom. The van der Waals surface area contributed by atoms with Crippen LogP contribution in [0.15, 0.2) is 18.2 Å². The number of rotatable bonds is 4. The van der Waals surface area contributed by atoms with Gasteiger partial charge in [-0.15, -0.1) is 0 Å². The number of nitrogen functional groups attached to an aromatic ring is 1. The summed E-state index contributed by atoms with van der Waals surface area (Å²) in [4.78, 5) is 13.9. The normalized spacial score (nSPS) is 14.9. The molecule has 3 heteroatoms. The van der Waals surface area contributed by atoms with E-state index in [1.807, 2.05) is 23.1 Å². The van der Waals surface area contributed by atoms with Gasteiger partial charge in [0.2, 0.25) is 5.91 Å². The Hall–Kier alpha value is -1.51. The van der Waals surface area contributed by atoms with Crippen molar-refractivity contribution in [1.82, 2.24) is 0 Å². The molecule has 2 N–H and O–H groups in total. The van der Waals surface area contributed by atoms with Crippen LogP contribution in [0.25, 0.3) is 0 Å². The zero-order valence-corrected chi connectivity index (χ0v) is 10.4. The van der Waals surface area contributed by atoms with Crippen molar-refractivity contribution in [2.24, 2.45) is 0 Å². The molecular weight excluding hydrogens is 212 g/mol. The molecule has 0 aromatic heterocycles. The standard InChI is InChI=1S/C14H20N2O/c1-2-3-4-9-16-13-7-6-12(15)10-11(13)5-8-14(16)17/h6-7,10H,2-5,8-9,15H2,1H3. The molecule has 1 aromatic rings. The fourth-order valence-electron chi connectivity index (χ4n) is 2.34. The molecule has 1 heterocycles. The molecule has 2 rings (SSSR count). The number of carbonyl (C=O) groups excluding carboxylic acids is 1. The van der Waals surface area contributed by atoms with E-state index in [9.17, 15) is 4.79 Å². The Morgan fingerprint density at radius 3 is 2.88 bits per heavy atom. The molecule has 92 valence electrons. The van der Waals surface area contributed by atoms with Crippen molar-refractivity contribution >= 4 is 17.3 Å². The third kappa shape index (κ3) is 2.60. The van der Waals surface area contributed by atoms with Crippen molar-refractivity contribution in [3.05, 3.63) is 23.8 Å². The molecule has 1 aromatic carbocycles. The van der Waals surface area contributed by atoms with Crippen molar-refractivity contribution in [3.63, 3.8) is 0 Å². The van der Waals surface area contributed by atoms with Gasteiger partial charge in [-0.25, -0.2) is 0 Å². The maximum absolute atomic E-state index is 11.9. The quantitative estimate of drug-likeness (QED) is 0.641. The molecule has 0 saturated carbocycles. The molecule has 1 amide bonds. The Balaban J connectivity index is 2.18. The predicted octanol–water partition coefficient (Wildman–Crippen LogP) is 2.74. The van der Waals surface area contributed by atoms with Crippen LogP contribution in [0.4, 0.5) is 11.4 Å². The number of nitrogens with zero attached hydrogens (tertiary/aromatic N) is 1. The van der Waals surface area contributed by atoms with Crippen LogP contribution >= 0.6 is 0 Å². The lowest BCUT2D eigenvalue weighted by molar-refractivity contribution is -0.118. The highest BCUT2D eigenvalue weighted by Gasteiger charge is 2.23. The first-order valence-corrected chi connectivity index (χ1v) is 6.41. The fourth-order valence-corrected chi connectivity index (χ4v) is 2.34. The van der Waals surface area contributed by atoms with Crippen molar-refractivity contribution < 1.29 is 4.79 Å². The van der Waals surface area contributed by atoms with Crippen LogP contribution in [0.1, 0.15) is 38.2 Å². The van der Waals surface area contributed by atoms with Gasteiger partial charge in [0.05, 0.1) is 0 Å². The first-order valence-electron chi connectivity index (χ1n) is 6.41. The second-order valence-electron chi connectivity index (χ2n) is 4.64. The Morgan fingerprint density at radius 2 is 2.12 bits per heavy atom. The number of unbranched alkanes of at least 4 members (excludes halogenated alkanes) is 2. The first-order chi connectivity index (χ1) is 8.22. The van der Waals surface area contributed by atoms with Gasteiger partial charge in [0.25, 0.3) is 0 Å². The van der Waals surface area contributed by atoms with Crippen LogP contribution in [-0.4, -0.2) is 12.5 Å². The summed E-state index contributed by atoms with van der Waals surface area (Å²) in [6.45, 7) is 3.01. The van der Waals surface area contributed by atoms with Crippen LogP contribution in [0, 0.1) is 0 Å². The smallest absolute Gasteiger partial charge is 0.227 e. The van der Waals surface area contributed by atoms with Crippen molar-refractivity contribution in [3.8, 4) is 0 Å². The molecule has 0 aliphatic carbocycles. The largest absolute Gasteiger partial charge is 0.399 e. The average molecular weight is 232 g/mol. The van der Waals surface area contributed by atoms with E-state index in [4.69, 9.17) is 5.73 Å². The third-order valence-corrected chi connectivity index (χ3v) is 3.29. The molecule has 3 nitrogen and oxygen atoms in total. The van der Waals surface area contributed by atoms with Gasteiger partial charge in [-0.05, 0) is 36.6 Å². The van der Waals surface area contributed by atoms with Gasteiger partial charge in [-0.3, -0.25) is 4.79 Å². The molecule has 0 atom stereocenters. The third-order valence-electron chi connectivity index (χ3n) is 3.29. The molecule has 0 fully saturated rings. The van der Waals surface area contributed by atoms with Gasteiger partial charge < -0.3 is 10.6 Å². The fraction of sp³-hybridized carbons (Fsp3) is 0.500. The number of benzene rings is 1. The lowest BCUT2D eigenvalue weighted by Gasteiger charge is -2.29. The predicted molar refractivity (Wildman–Crippen MR) is 71.1 cm³/mol. The molecule has 1 aliphatic rings. The van der Waals surface area contributed by atoms with Crippen molar-refractivity contribution in [2.45, 2.75) is 39.0 Å². The van der Waals surface area contributed by atoms with Crippen molar-refractivity contribution in [2.75, 3.05) is 17.2 Å². The SMILES string of the molecule is CCCCCN1C(=O)CCc2cc(N)ccc21. The second kappa shape index (κ2) is 5.21. The minimum atomic E-state index is 0.248. The number of fused-ring (bicyclic) bond motifs is 1. The summed E-state index contributed by atoms with van der Waals surface area (Å²) in [5.41, 5.74) is 8.84. The topological polar surface area (TPSA) is 46.3 Å². The number of nitrogens with two attached hydrogens (primary N) is 1. The Kier molecular flexibility index (Phi) is 3.67. The molecule has 0 bridgehead atoms. The van der Waals surface area contributed by atoms with E-state index in [-0.39, 0.29) is 5.91 Å². The summed E-state index contributed by atoms with van der Waals surface area (Å²) >= 11 is 0. The van der Waals surface area contributed by atoms with Crippen LogP contribution in [0.5, 0.6) is 0 Å². The van der Waals surface area contributed by atoms with Crippen LogP contribution < -0.4 is 10.6 Å². The molecular formula is C14H20N2O. The summed E-state index contributed by atoms with van der Waals surface area (Å²) in [7, 11) is 0. The zero-order valence-electron chi connectivity index (χ0n) is 10.4. The van der Waals surface area contributed by atoms with E-state index in [0.717, 1.165) is 30.8 Å². The maximum atomic E-state index is 11.9. The van der Waals surface area contributed by atoms with Crippen LogP contribution in [0.2, 0.25) is 0 Å². The lowest BCUT2D eigenvalue weighted by atomic mass is 10.00. The van der Waals surface area contributed by atoms with E-state index in [1.165, 1.54) is 18.4 Å². The first kappa shape index (κ1) is 12.0. The van der Waals surface area contributed by atoms with E-state index >= 15 is 0 Å². The van der Waals surface area contributed by atoms with Crippen LogP contribution in [-0.2, 0) is 11.2 Å². The molecule has 0 unspecified atom stereocenters. The zero-order chi connectivity index (χ0) is 12.3. The summed E-state index contributed by atoms with van der Waals surface area (Å²) in [5.74, 6) is 0.248. The van der Waals surface area contributed by atoms with E-state index in [0.29, 0.717) is 6.42 Å². The summed E-state index contributed by atoms with van der Waals surface area (Å²) < 4.78 is 0. The average Bonchev–Trinajstić information content (AvgIpc) is 2.32. The van der Waals surface area contributed by atoms with Gasteiger partial charge >= 0.3 is 0 Å². The molecule has 17 heavy (non-hydrogen) atoms. The van der Waals surface area contributed by atoms with Crippen molar-refractivity contribution in [1.29, 1.82) is 0 Å². The Labute approximate surface area is 103 Å².